The normalized spacial score (nSPS) is 11.2. The molecule has 0 radical (unpaired) electrons. The maximum atomic E-state index is 5.95. The third-order valence-corrected chi connectivity index (χ3v) is 3.42. The monoisotopic (exact) mass is 327 g/mol. The Morgan fingerprint density at radius 1 is 1.21 bits per heavy atom. The molecule has 0 spiro atoms. The maximum absolute atomic E-state index is 5.95. The molecular weight excluding hydrogens is 302 g/mol. The number of aromatic nitrogens is 2. The number of aliphatic imine (C=N–C) groups is 1. The van der Waals surface area contributed by atoms with Crippen LogP contribution in [-0.4, -0.2) is 48.6 Å². The Labute approximate surface area is 143 Å². The molecule has 6 nitrogen and oxygen atoms in total. The van der Waals surface area contributed by atoms with Crippen LogP contribution in [0.5, 0.6) is 5.75 Å². The van der Waals surface area contributed by atoms with Crippen molar-refractivity contribution >= 4 is 23.4 Å². The molecule has 1 aromatic heterocycles. The molecule has 0 aliphatic heterocycles. The van der Waals surface area contributed by atoms with Gasteiger partial charge in [0.15, 0.2) is 5.82 Å². The zero-order chi connectivity index (χ0) is 17.5. The molecule has 0 aliphatic carbocycles. The standard InChI is InChI=1S/C18H25N5O/c1-6-19-15-12-16(20-18-8-7-14(3)21-22-18)17(11-13(15)2)24-10-9-23(4)5/h6-8,11-12H,9-10H2,1-5H3,(H,20,22). The zero-order valence-corrected chi connectivity index (χ0v) is 15.0. The summed E-state index contributed by atoms with van der Waals surface area (Å²) in [5.74, 6) is 1.46. The fourth-order valence-electron chi connectivity index (χ4n) is 2.11. The lowest BCUT2D eigenvalue weighted by Crippen LogP contribution is -2.19. The maximum Gasteiger partial charge on any atom is 0.153 e. The molecule has 128 valence electrons. The minimum atomic E-state index is 0.608. The number of nitrogens with one attached hydrogen (secondary N) is 1. The Balaban J connectivity index is 2.29. The van der Waals surface area contributed by atoms with Gasteiger partial charge in [0, 0.05) is 12.8 Å². The van der Waals surface area contributed by atoms with Gasteiger partial charge in [-0.2, -0.15) is 5.10 Å². The lowest BCUT2D eigenvalue weighted by atomic mass is 10.1. The van der Waals surface area contributed by atoms with Gasteiger partial charge in [0.25, 0.3) is 0 Å². The van der Waals surface area contributed by atoms with Crippen LogP contribution in [0, 0.1) is 13.8 Å². The van der Waals surface area contributed by atoms with Crippen molar-refractivity contribution in [3.05, 3.63) is 35.5 Å². The van der Waals surface area contributed by atoms with Gasteiger partial charge < -0.3 is 15.0 Å². The van der Waals surface area contributed by atoms with Crippen molar-refractivity contribution in [2.45, 2.75) is 20.8 Å². The van der Waals surface area contributed by atoms with Crippen molar-refractivity contribution in [2.75, 3.05) is 32.6 Å². The van der Waals surface area contributed by atoms with Gasteiger partial charge in [0.2, 0.25) is 0 Å². The quantitative estimate of drug-likeness (QED) is 0.789. The van der Waals surface area contributed by atoms with E-state index in [4.69, 9.17) is 4.74 Å². The summed E-state index contributed by atoms with van der Waals surface area (Å²) in [6.07, 6.45) is 1.78. The first-order valence-electron chi connectivity index (χ1n) is 7.98. The lowest BCUT2D eigenvalue weighted by Gasteiger charge is -2.16. The van der Waals surface area contributed by atoms with E-state index in [1.165, 1.54) is 0 Å². The third kappa shape index (κ3) is 5.03. The average molecular weight is 327 g/mol. The highest BCUT2D eigenvalue weighted by Crippen LogP contribution is 2.34. The lowest BCUT2D eigenvalue weighted by molar-refractivity contribution is 0.262. The molecule has 0 atom stereocenters. The topological polar surface area (TPSA) is 62.6 Å². The van der Waals surface area contributed by atoms with E-state index in [1.807, 2.05) is 59.1 Å². The van der Waals surface area contributed by atoms with Gasteiger partial charge in [-0.15, -0.1) is 5.10 Å². The van der Waals surface area contributed by atoms with E-state index in [2.05, 4.69) is 25.4 Å². The van der Waals surface area contributed by atoms with Gasteiger partial charge in [-0.3, -0.25) is 4.99 Å². The Morgan fingerprint density at radius 3 is 2.62 bits per heavy atom. The van der Waals surface area contributed by atoms with E-state index in [0.717, 1.165) is 34.9 Å². The van der Waals surface area contributed by atoms with Crippen molar-refractivity contribution < 1.29 is 4.74 Å². The second-order valence-electron chi connectivity index (χ2n) is 5.86. The van der Waals surface area contributed by atoms with Crippen molar-refractivity contribution in [1.82, 2.24) is 15.1 Å². The Kier molecular flexibility index (Phi) is 6.26. The fraction of sp³-hybridized carbons (Fsp3) is 0.389. The second-order valence-corrected chi connectivity index (χ2v) is 5.86. The van der Waals surface area contributed by atoms with Crippen LogP contribution in [0.1, 0.15) is 18.2 Å². The van der Waals surface area contributed by atoms with E-state index in [-0.39, 0.29) is 0 Å². The second kappa shape index (κ2) is 8.40. The molecule has 1 aromatic carbocycles. The van der Waals surface area contributed by atoms with Crippen molar-refractivity contribution in [3.63, 3.8) is 0 Å². The van der Waals surface area contributed by atoms with Gasteiger partial charge in [0.1, 0.15) is 12.4 Å². The molecule has 0 unspecified atom stereocenters. The highest BCUT2D eigenvalue weighted by atomic mass is 16.5. The number of hydrogen-bond donors (Lipinski definition) is 1. The predicted octanol–water partition coefficient (Wildman–Crippen LogP) is 3.50. The van der Waals surface area contributed by atoms with Crippen LogP contribution >= 0.6 is 0 Å². The van der Waals surface area contributed by atoms with Crippen molar-refractivity contribution in [2.24, 2.45) is 4.99 Å². The molecule has 0 fully saturated rings. The zero-order valence-electron chi connectivity index (χ0n) is 15.0. The van der Waals surface area contributed by atoms with Crippen LogP contribution in [-0.2, 0) is 0 Å². The summed E-state index contributed by atoms with van der Waals surface area (Å²) in [5.41, 5.74) is 3.68. The minimum Gasteiger partial charge on any atom is -0.490 e. The molecular formula is C18H25N5O. The summed E-state index contributed by atoms with van der Waals surface area (Å²) in [6, 6.07) is 7.79. The van der Waals surface area contributed by atoms with E-state index in [1.54, 1.807) is 6.21 Å². The van der Waals surface area contributed by atoms with E-state index >= 15 is 0 Å². The highest BCUT2D eigenvalue weighted by molar-refractivity contribution is 5.73. The van der Waals surface area contributed by atoms with Crippen molar-refractivity contribution in [1.29, 1.82) is 0 Å². The number of likely N-dealkylation sites (N-methyl/N-ethyl adjacent to an activating group) is 1. The average Bonchev–Trinajstić information content (AvgIpc) is 2.53. The first-order chi connectivity index (χ1) is 11.5. The molecule has 0 amide bonds. The Bertz CT molecular complexity index is 695. The first-order valence-corrected chi connectivity index (χ1v) is 7.98. The van der Waals surface area contributed by atoms with Gasteiger partial charge >= 0.3 is 0 Å². The first kappa shape index (κ1) is 17.9. The third-order valence-electron chi connectivity index (χ3n) is 3.42. The minimum absolute atomic E-state index is 0.608. The molecule has 2 rings (SSSR count). The Morgan fingerprint density at radius 2 is 2.00 bits per heavy atom. The molecule has 24 heavy (non-hydrogen) atoms. The number of hydrogen-bond acceptors (Lipinski definition) is 6. The van der Waals surface area contributed by atoms with Gasteiger partial charge in [-0.25, -0.2) is 0 Å². The predicted molar refractivity (Wildman–Crippen MR) is 99.1 cm³/mol. The van der Waals surface area contributed by atoms with Crippen LogP contribution in [0.15, 0.2) is 29.3 Å². The summed E-state index contributed by atoms with van der Waals surface area (Å²) in [5, 5.41) is 11.5. The molecule has 1 heterocycles. The van der Waals surface area contributed by atoms with Gasteiger partial charge in [-0.1, -0.05) is 0 Å². The van der Waals surface area contributed by atoms with Crippen LogP contribution in [0.25, 0.3) is 0 Å². The smallest absolute Gasteiger partial charge is 0.153 e. The summed E-state index contributed by atoms with van der Waals surface area (Å²) < 4.78 is 5.95. The molecule has 0 saturated heterocycles. The molecule has 6 heteroatoms. The number of benzene rings is 1. The largest absolute Gasteiger partial charge is 0.490 e. The number of rotatable bonds is 7. The van der Waals surface area contributed by atoms with Gasteiger partial charge in [-0.05, 0) is 64.7 Å². The molecule has 1 N–H and O–H groups in total. The summed E-state index contributed by atoms with van der Waals surface area (Å²) in [7, 11) is 4.05. The number of ether oxygens (including phenoxy) is 1. The number of anilines is 2. The number of aryl methyl sites for hydroxylation is 2. The molecule has 0 aliphatic rings. The van der Waals surface area contributed by atoms with E-state index < -0.39 is 0 Å². The molecule has 0 bridgehead atoms. The van der Waals surface area contributed by atoms with E-state index in [9.17, 15) is 0 Å². The summed E-state index contributed by atoms with van der Waals surface area (Å²) >= 11 is 0. The van der Waals surface area contributed by atoms with Crippen LogP contribution in [0.3, 0.4) is 0 Å². The highest BCUT2D eigenvalue weighted by Gasteiger charge is 2.10. The van der Waals surface area contributed by atoms with E-state index in [0.29, 0.717) is 12.4 Å². The summed E-state index contributed by atoms with van der Waals surface area (Å²) in [4.78, 5) is 6.49. The molecule has 2 aromatic rings. The summed E-state index contributed by atoms with van der Waals surface area (Å²) in [6.45, 7) is 7.29. The molecule has 0 saturated carbocycles. The van der Waals surface area contributed by atoms with Crippen LogP contribution < -0.4 is 10.1 Å². The van der Waals surface area contributed by atoms with Gasteiger partial charge in [0.05, 0.1) is 17.1 Å². The Hall–Kier alpha value is -2.47. The SMILES string of the molecule is CC=Nc1cc(Nc2ccc(C)nn2)c(OCCN(C)C)cc1C. The van der Waals surface area contributed by atoms with Crippen LogP contribution in [0.2, 0.25) is 0 Å². The van der Waals surface area contributed by atoms with Crippen LogP contribution in [0.4, 0.5) is 17.2 Å². The number of nitrogens with zero attached hydrogens (tertiary/aromatic N) is 4. The van der Waals surface area contributed by atoms with Crippen molar-refractivity contribution in [3.8, 4) is 5.75 Å². The fourth-order valence-corrected chi connectivity index (χ4v) is 2.11.